The number of nitrogens with zero attached hydrogens (tertiary/aromatic N) is 3. The van der Waals surface area contributed by atoms with Gasteiger partial charge >= 0.3 is 11.8 Å². The number of nitrogens with two attached hydrogens (primary N) is 1. The molecule has 4 rings (SSSR count). The molecule has 9 nitrogen and oxygen atoms in total. The van der Waals surface area contributed by atoms with Gasteiger partial charge in [0, 0.05) is 25.2 Å². The van der Waals surface area contributed by atoms with Gasteiger partial charge in [-0.2, -0.15) is 0 Å². The van der Waals surface area contributed by atoms with E-state index in [4.69, 9.17) is 15.5 Å². The fourth-order valence-electron chi connectivity index (χ4n) is 4.64. The predicted molar refractivity (Wildman–Crippen MR) is 145 cm³/mol. The maximum absolute atomic E-state index is 13.4. The minimum Gasteiger partial charge on any atom is -0.496 e. The largest absolute Gasteiger partial charge is 0.496 e. The third-order valence-electron chi connectivity index (χ3n) is 6.61. The number of carbonyl (C=O) groups excluding carboxylic acids is 3. The molecule has 0 bridgehead atoms. The number of likely N-dealkylation sites (N-methyl/N-ethyl adjacent to an activating group) is 1. The van der Waals surface area contributed by atoms with E-state index in [0.717, 1.165) is 46.6 Å². The second-order valence-electron chi connectivity index (χ2n) is 9.78. The van der Waals surface area contributed by atoms with Crippen LogP contribution in [0.25, 0.3) is 10.2 Å². The molecule has 0 unspecified atom stereocenters. The van der Waals surface area contributed by atoms with Crippen LogP contribution in [0.15, 0.2) is 36.4 Å². The molecule has 1 aromatic heterocycles. The number of likely N-dealkylation sites (tertiary alicyclic amines) is 1. The van der Waals surface area contributed by atoms with Crippen LogP contribution in [0.4, 0.5) is 5.69 Å². The zero-order valence-electron chi connectivity index (χ0n) is 21.6. The first-order chi connectivity index (χ1) is 17.7. The molecule has 3 N–H and O–H groups in total. The van der Waals surface area contributed by atoms with E-state index >= 15 is 0 Å². The van der Waals surface area contributed by atoms with E-state index in [2.05, 4.69) is 23.2 Å². The number of hydrogen-bond acceptors (Lipinski definition) is 7. The number of anilines is 1. The van der Waals surface area contributed by atoms with Crippen molar-refractivity contribution >= 4 is 45.0 Å². The highest BCUT2D eigenvalue weighted by Gasteiger charge is 2.34. The standard InChI is InChI=1S/C27H33N5O4S/c1-16-5-8-21(17-6-10-23-20(13-17)30-24(37-23)11-12-31(2)3)32(15-16)27(35)26(34)29-18-7-9-22(36-4)19(14-18)25(28)33/h6-7,9-10,13-14,16,21H,5,8,11-12,15H2,1-4H3,(H2,28,33)(H,29,34)/t16-,21+/m0/s1. The Labute approximate surface area is 220 Å². The molecule has 0 radical (unpaired) electrons. The number of aromatic nitrogens is 1. The van der Waals surface area contributed by atoms with Crippen molar-refractivity contribution in [2.24, 2.45) is 11.7 Å². The lowest BCUT2D eigenvalue weighted by molar-refractivity contribution is -0.146. The molecule has 2 atom stereocenters. The molecule has 37 heavy (non-hydrogen) atoms. The van der Waals surface area contributed by atoms with Crippen LogP contribution in [0, 0.1) is 5.92 Å². The molecule has 196 valence electrons. The Kier molecular flexibility index (Phi) is 8.09. The SMILES string of the molecule is COc1ccc(NC(=O)C(=O)N2C[C@@H](C)CC[C@@H]2c2ccc3sc(CCN(C)C)nc3c2)cc1C(N)=O. The third-order valence-corrected chi connectivity index (χ3v) is 7.71. The maximum Gasteiger partial charge on any atom is 0.313 e. The second kappa shape index (κ2) is 11.3. The van der Waals surface area contributed by atoms with Gasteiger partial charge in [-0.15, -0.1) is 11.3 Å². The summed E-state index contributed by atoms with van der Waals surface area (Å²) >= 11 is 1.69. The van der Waals surface area contributed by atoms with Gasteiger partial charge in [0.05, 0.1) is 33.9 Å². The number of ether oxygens (including phenoxy) is 1. The Morgan fingerprint density at radius 3 is 2.68 bits per heavy atom. The molecule has 2 heterocycles. The number of amides is 3. The molecule has 1 aliphatic rings. The summed E-state index contributed by atoms with van der Waals surface area (Å²) in [5.74, 6) is -1.50. The number of rotatable bonds is 7. The van der Waals surface area contributed by atoms with Crippen molar-refractivity contribution in [1.29, 1.82) is 0 Å². The average Bonchev–Trinajstić information content (AvgIpc) is 3.29. The monoisotopic (exact) mass is 523 g/mol. The number of piperidine rings is 1. The van der Waals surface area contributed by atoms with Gasteiger partial charge in [0.2, 0.25) is 0 Å². The first-order valence-corrected chi connectivity index (χ1v) is 13.1. The lowest BCUT2D eigenvalue weighted by Crippen LogP contribution is -2.46. The first-order valence-electron chi connectivity index (χ1n) is 12.3. The summed E-state index contributed by atoms with van der Waals surface area (Å²) in [7, 11) is 5.51. The molecule has 0 spiro atoms. The number of primary amides is 1. The van der Waals surface area contributed by atoms with Crippen LogP contribution in [0.2, 0.25) is 0 Å². The fourth-order valence-corrected chi connectivity index (χ4v) is 5.58. The lowest BCUT2D eigenvalue weighted by Gasteiger charge is -2.38. The summed E-state index contributed by atoms with van der Waals surface area (Å²) in [5, 5.41) is 3.70. The maximum atomic E-state index is 13.4. The molecule has 0 aliphatic carbocycles. The zero-order chi connectivity index (χ0) is 26.7. The highest BCUT2D eigenvalue weighted by molar-refractivity contribution is 7.18. The number of benzene rings is 2. The summed E-state index contributed by atoms with van der Waals surface area (Å²) < 4.78 is 6.26. The summed E-state index contributed by atoms with van der Waals surface area (Å²) in [6.45, 7) is 3.49. The van der Waals surface area contributed by atoms with E-state index in [0.29, 0.717) is 18.0 Å². The normalized spacial score (nSPS) is 17.7. The van der Waals surface area contributed by atoms with Crippen molar-refractivity contribution in [3.8, 4) is 5.75 Å². The van der Waals surface area contributed by atoms with Gasteiger partial charge in [-0.25, -0.2) is 4.98 Å². The van der Waals surface area contributed by atoms with Crippen molar-refractivity contribution < 1.29 is 19.1 Å². The topological polar surface area (TPSA) is 118 Å². The smallest absolute Gasteiger partial charge is 0.313 e. The van der Waals surface area contributed by atoms with E-state index in [1.807, 2.05) is 26.2 Å². The molecule has 1 saturated heterocycles. The number of hydrogen-bond donors (Lipinski definition) is 2. The molecule has 2 aromatic carbocycles. The Hall–Kier alpha value is -3.50. The number of methoxy groups -OCH3 is 1. The van der Waals surface area contributed by atoms with E-state index in [-0.39, 0.29) is 17.5 Å². The number of fused-ring (bicyclic) bond motifs is 1. The van der Waals surface area contributed by atoms with Crippen molar-refractivity contribution in [3.63, 3.8) is 0 Å². The molecule has 1 fully saturated rings. The molecule has 3 amide bonds. The van der Waals surface area contributed by atoms with E-state index in [1.54, 1.807) is 22.3 Å². The van der Waals surface area contributed by atoms with Crippen LogP contribution in [0.3, 0.4) is 0 Å². The predicted octanol–water partition coefficient (Wildman–Crippen LogP) is 3.45. The van der Waals surface area contributed by atoms with Gasteiger partial charge in [-0.3, -0.25) is 14.4 Å². The Morgan fingerprint density at radius 1 is 1.19 bits per heavy atom. The van der Waals surface area contributed by atoms with Crippen LogP contribution in [-0.2, 0) is 16.0 Å². The van der Waals surface area contributed by atoms with Crippen molar-refractivity contribution in [3.05, 3.63) is 52.5 Å². The quantitative estimate of drug-likeness (QED) is 0.458. The second-order valence-corrected chi connectivity index (χ2v) is 10.9. The number of nitrogens with one attached hydrogen (secondary N) is 1. The van der Waals surface area contributed by atoms with Gasteiger partial charge < -0.3 is 25.6 Å². The highest BCUT2D eigenvalue weighted by Crippen LogP contribution is 2.36. The third kappa shape index (κ3) is 6.08. The van der Waals surface area contributed by atoms with Gasteiger partial charge in [0.1, 0.15) is 5.75 Å². The van der Waals surface area contributed by atoms with Crippen LogP contribution in [0.5, 0.6) is 5.75 Å². The molecular weight excluding hydrogens is 490 g/mol. The van der Waals surface area contributed by atoms with E-state index in [1.165, 1.54) is 19.2 Å². The minimum atomic E-state index is -0.764. The summed E-state index contributed by atoms with van der Waals surface area (Å²) in [6, 6.07) is 10.4. The van der Waals surface area contributed by atoms with Crippen LogP contribution in [0.1, 0.15) is 46.7 Å². The number of carbonyl (C=O) groups is 3. The zero-order valence-corrected chi connectivity index (χ0v) is 22.4. The fraction of sp³-hybridized carbons (Fsp3) is 0.407. The van der Waals surface area contributed by atoms with Crippen molar-refractivity contribution in [2.75, 3.05) is 39.6 Å². The van der Waals surface area contributed by atoms with Gasteiger partial charge in [0.25, 0.3) is 5.91 Å². The van der Waals surface area contributed by atoms with Gasteiger partial charge in [-0.05, 0) is 68.8 Å². The van der Waals surface area contributed by atoms with Crippen LogP contribution >= 0.6 is 11.3 Å². The Bertz CT molecular complexity index is 1320. The average molecular weight is 524 g/mol. The summed E-state index contributed by atoms with van der Waals surface area (Å²) in [5.41, 5.74) is 7.74. The van der Waals surface area contributed by atoms with Crippen molar-refractivity contribution in [2.45, 2.75) is 32.2 Å². The molecule has 10 heteroatoms. The minimum absolute atomic E-state index is 0.124. The lowest BCUT2D eigenvalue weighted by atomic mass is 9.89. The Balaban J connectivity index is 1.55. The highest BCUT2D eigenvalue weighted by atomic mass is 32.1. The van der Waals surface area contributed by atoms with Crippen LogP contribution < -0.4 is 15.8 Å². The molecule has 3 aromatic rings. The van der Waals surface area contributed by atoms with E-state index < -0.39 is 17.7 Å². The van der Waals surface area contributed by atoms with Crippen LogP contribution in [-0.4, -0.2) is 66.8 Å². The molecular formula is C27H33N5O4S. The Morgan fingerprint density at radius 2 is 1.97 bits per heavy atom. The first kappa shape index (κ1) is 26.6. The van der Waals surface area contributed by atoms with Gasteiger partial charge in [0.15, 0.2) is 0 Å². The summed E-state index contributed by atoms with van der Waals surface area (Å²) in [6.07, 6.45) is 2.60. The molecule has 1 aliphatic heterocycles. The van der Waals surface area contributed by atoms with E-state index in [9.17, 15) is 14.4 Å². The van der Waals surface area contributed by atoms with Crippen molar-refractivity contribution in [1.82, 2.24) is 14.8 Å². The number of thiazole rings is 1. The van der Waals surface area contributed by atoms with Gasteiger partial charge in [-0.1, -0.05) is 13.0 Å². The molecule has 0 saturated carbocycles. The summed E-state index contributed by atoms with van der Waals surface area (Å²) in [4.78, 5) is 46.7.